The van der Waals surface area contributed by atoms with E-state index in [1.165, 1.54) is 5.56 Å². The molecule has 2 aliphatic heterocycles. The van der Waals surface area contributed by atoms with E-state index in [0.29, 0.717) is 43.3 Å². The molecule has 0 saturated carbocycles. The predicted octanol–water partition coefficient (Wildman–Crippen LogP) is 5.19. The summed E-state index contributed by atoms with van der Waals surface area (Å²) < 4.78 is 17.4. The van der Waals surface area contributed by atoms with Crippen molar-refractivity contribution in [2.45, 2.75) is 51.7 Å². The molecule has 3 aromatic rings. The number of epoxide rings is 1. The van der Waals surface area contributed by atoms with Crippen LogP contribution < -0.4 is 10.1 Å². The lowest BCUT2D eigenvalue weighted by molar-refractivity contribution is -0.128. The minimum absolute atomic E-state index is 0. The average molecular weight is 544 g/mol. The van der Waals surface area contributed by atoms with E-state index in [9.17, 15) is 9.59 Å². The lowest BCUT2D eigenvalue weighted by Crippen LogP contribution is -2.47. The van der Waals surface area contributed by atoms with Crippen molar-refractivity contribution in [3.63, 3.8) is 0 Å². The number of nitrogens with zero attached hydrogens (tertiary/aromatic N) is 2. The third kappa shape index (κ3) is 7.07. The Hall–Kier alpha value is -4.17. The fourth-order valence-electron chi connectivity index (χ4n) is 4.60. The number of carbonyl (C=O) groups is 2. The van der Waals surface area contributed by atoms with Crippen LogP contribution in [0.25, 0.3) is 0 Å². The number of hydrogen-bond acceptors (Lipinski definition) is 7. The number of aryl methyl sites for hydroxylation is 1. The number of carbonyl (C=O) groups excluding carboxylic acids is 2. The molecule has 210 valence electrons. The number of amides is 1. The topological polar surface area (TPSA) is 92.8 Å². The number of hydrazone groups is 1. The predicted molar refractivity (Wildman–Crippen MR) is 154 cm³/mol. The number of benzene rings is 3. The van der Waals surface area contributed by atoms with Gasteiger partial charge in [0.05, 0.1) is 6.04 Å². The highest BCUT2D eigenvalue weighted by molar-refractivity contribution is 5.98. The van der Waals surface area contributed by atoms with Gasteiger partial charge in [0.2, 0.25) is 5.90 Å². The van der Waals surface area contributed by atoms with Gasteiger partial charge >= 0.3 is 5.91 Å². The molecule has 8 nitrogen and oxygen atoms in total. The molecule has 3 aromatic carbocycles. The molecular formula is C32H37N3O5. The van der Waals surface area contributed by atoms with E-state index < -0.39 is 12.0 Å². The van der Waals surface area contributed by atoms with Gasteiger partial charge < -0.3 is 19.5 Å². The molecular weight excluding hydrogens is 506 g/mol. The average Bonchev–Trinajstić information content (AvgIpc) is 3.67. The Kier molecular flexibility index (Phi) is 8.45. The van der Waals surface area contributed by atoms with Crippen molar-refractivity contribution in [2.75, 3.05) is 13.2 Å². The molecule has 1 saturated heterocycles. The van der Waals surface area contributed by atoms with Crippen LogP contribution in [0, 0.1) is 5.92 Å². The second kappa shape index (κ2) is 12.3. The normalized spacial score (nSPS) is 18.3. The van der Waals surface area contributed by atoms with Crippen molar-refractivity contribution < 1.29 is 25.2 Å². The maximum Gasteiger partial charge on any atom is 0.336 e. The van der Waals surface area contributed by atoms with Crippen LogP contribution in [-0.4, -0.2) is 47.7 Å². The molecule has 1 fully saturated rings. The third-order valence-electron chi connectivity index (χ3n) is 6.82. The minimum Gasteiger partial charge on any atom is -0.489 e. The minimum atomic E-state index is -1.00. The maximum absolute atomic E-state index is 13.5. The summed E-state index contributed by atoms with van der Waals surface area (Å²) in [6.45, 7) is 4.77. The van der Waals surface area contributed by atoms with Gasteiger partial charge in [0, 0.05) is 13.4 Å². The lowest BCUT2D eigenvalue weighted by atomic mass is 9.99. The Bertz CT molecular complexity index is 1350. The summed E-state index contributed by atoms with van der Waals surface area (Å²) in [6, 6.07) is 26.2. The highest BCUT2D eigenvalue weighted by atomic mass is 16.8. The van der Waals surface area contributed by atoms with Crippen LogP contribution in [0.5, 0.6) is 5.75 Å². The third-order valence-corrected chi connectivity index (χ3v) is 6.82. The highest BCUT2D eigenvalue weighted by Crippen LogP contribution is 2.38. The number of ketones is 1. The SMILES string of the molecule is CC(C)C[C@H](NC(=O)c1cccc(OCc2ccccc2)c1)C(=O)CN1N=C(CCc2ccccc2)OC12CO2.[HH]. The summed E-state index contributed by atoms with van der Waals surface area (Å²) in [4.78, 5) is 26.7. The van der Waals surface area contributed by atoms with E-state index in [4.69, 9.17) is 14.2 Å². The highest BCUT2D eigenvalue weighted by Gasteiger charge is 2.59. The maximum atomic E-state index is 13.5. The van der Waals surface area contributed by atoms with Gasteiger partial charge in [-0.2, -0.15) is 0 Å². The van der Waals surface area contributed by atoms with Crippen molar-refractivity contribution >= 4 is 17.6 Å². The number of Topliss-reactive ketones (excluding diaryl/α,β-unsaturated/α-hetero) is 1. The number of hydrogen-bond donors (Lipinski definition) is 1. The monoisotopic (exact) mass is 543 g/mol. The fourth-order valence-corrected chi connectivity index (χ4v) is 4.60. The summed E-state index contributed by atoms with van der Waals surface area (Å²) in [5, 5.41) is 9.09. The Balaban J connectivity index is 0.00000387. The Morgan fingerprint density at radius 3 is 2.38 bits per heavy atom. The molecule has 0 bridgehead atoms. The van der Waals surface area contributed by atoms with Crippen LogP contribution in [-0.2, 0) is 27.3 Å². The van der Waals surface area contributed by atoms with E-state index in [1.807, 2.05) is 68.4 Å². The first kappa shape index (κ1) is 27.4. The standard InChI is InChI=1S/C32H35N3O5.H2/c1-23(2)18-28(33-31(37)26-14-9-15-27(19-26)38-21-25-12-7-4-8-13-25)29(36)20-35-32(22-39-32)40-30(34-35)17-16-24-10-5-3-6-11-24;/h3-15,19,23,28H,16-18,20-22H2,1-2H3,(H,33,37);1H/t28-,32?;/m0./s1. The summed E-state index contributed by atoms with van der Waals surface area (Å²) in [5.41, 5.74) is 2.65. The van der Waals surface area contributed by atoms with Gasteiger partial charge in [-0.3, -0.25) is 9.59 Å². The first-order valence-electron chi connectivity index (χ1n) is 13.7. The van der Waals surface area contributed by atoms with Gasteiger partial charge in [-0.1, -0.05) is 80.6 Å². The van der Waals surface area contributed by atoms with Gasteiger partial charge in [-0.25, -0.2) is 5.01 Å². The largest absolute Gasteiger partial charge is 0.489 e. The van der Waals surface area contributed by atoms with E-state index >= 15 is 0 Å². The zero-order chi connectivity index (χ0) is 28.0. The molecule has 8 heteroatoms. The smallest absolute Gasteiger partial charge is 0.336 e. The van der Waals surface area contributed by atoms with Gasteiger partial charge in [0.15, 0.2) is 5.78 Å². The van der Waals surface area contributed by atoms with E-state index in [0.717, 1.165) is 12.0 Å². The van der Waals surface area contributed by atoms with E-state index in [-0.39, 0.29) is 25.6 Å². The van der Waals surface area contributed by atoms with Crippen molar-refractivity contribution in [1.82, 2.24) is 10.3 Å². The number of ether oxygens (including phenoxy) is 3. The van der Waals surface area contributed by atoms with Gasteiger partial charge in [-0.05, 0) is 48.1 Å². The Labute approximate surface area is 236 Å². The van der Waals surface area contributed by atoms with Crippen LogP contribution in [0.2, 0.25) is 0 Å². The summed E-state index contributed by atoms with van der Waals surface area (Å²) in [6.07, 6.45) is 1.88. The molecule has 1 amide bonds. The molecule has 1 spiro atoms. The lowest BCUT2D eigenvalue weighted by Gasteiger charge is -2.23. The molecule has 2 heterocycles. The zero-order valence-corrected chi connectivity index (χ0v) is 22.9. The van der Waals surface area contributed by atoms with Crippen molar-refractivity contribution in [3.8, 4) is 5.75 Å². The molecule has 0 aliphatic carbocycles. The van der Waals surface area contributed by atoms with Crippen molar-refractivity contribution in [2.24, 2.45) is 11.0 Å². The molecule has 1 N–H and O–H groups in total. The van der Waals surface area contributed by atoms with E-state index in [1.54, 1.807) is 23.2 Å². The first-order chi connectivity index (χ1) is 19.4. The summed E-state index contributed by atoms with van der Waals surface area (Å²) in [5.74, 6) is -0.149. The van der Waals surface area contributed by atoms with E-state index in [2.05, 4.69) is 22.6 Å². The summed E-state index contributed by atoms with van der Waals surface area (Å²) >= 11 is 0. The molecule has 0 aromatic heterocycles. The molecule has 2 atom stereocenters. The summed E-state index contributed by atoms with van der Waals surface area (Å²) in [7, 11) is 0. The van der Waals surface area contributed by atoms with Crippen LogP contribution in [0.4, 0.5) is 0 Å². The molecule has 2 aliphatic rings. The molecule has 5 rings (SSSR count). The van der Waals surface area contributed by atoms with Crippen molar-refractivity contribution in [1.29, 1.82) is 0 Å². The van der Waals surface area contributed by atoms with Crippen LogP contribution in [0.3, 0.4) is 0 Å². The van der Waals surface area contributed by atoms with Gasteiger partial charge in [0.25, 0.3) is 5.91 Å². The van der Waals surface area contributed by atoms with Crippen molar-refractivity contribution in [3.05, 3.63) is 102 Å². The van der Waals surface area contributed by atoms with Gasteiger partial charge in [0.1, 0.15) is 25.5 Å². The van der Waals surface area contributed by atoms with Crippen LogP contribution >= 0.6 is 0 Å². The molecule has 1 unspecified atom stereocenters. The number of nitrogens with one attached hydrogen (secondary N) is 1. The molecule has 40 heavy (non-hydrogen) atoms. The second-order valence-corrected chi connectivity index (χ2v) is 10.6. The molecule has 0 radical (unpaired) electrons. The fraction of sp³-hybridized carbons (Fsp3) is 0.344. The van der Waals surface area contributed by atoms with Gasteiger partial charge in [-0.15, -0.1) is 5.10 Å². The zero-order valence-electron chi connectivity index (χ0n) is 22.9. The Morgan fingerprint density at radius 1 is 1.00 bits per heavy atom. The Morgan fingerprint density at radius 2 is 1.70 bits per heavy atom. The first-order valence-corrected chi connectivity index (χ1v) is 13.7. The number of rotatable bonds is 13. The second-order valence-electron chi connectivity index (χ2n) is 10.6. The van der Waals surface area contributed by atoms with Crippen LogP contribution in [0.15, 0.2) is 90.0 Å². The van der Waals surface area contributed by atoms with Crippen LogP contribution in [0.1, 0.15) is 49.6 Å². The quantitative estimate of drug-likeness (QED) is 0.299.